The van der Waals surface area contributed by atoms with Crippen molar-refractivity contribution in [2.24, 2.45) is 0 Å². The molecule has 0 unspecified atom stereocenters. The molecule has 0 atom stereocenters. The van der Waals surface area contributed by atoms with E-state index in [0.717, 1.165) is 45.0 Å². The van der Waals surface area contributed by atoms with Gasteiger partial charge in [-0.1, -0.05) is 5.16 Å². The Morgan fingerprint density at radius 2 is 2.12 bits per heavy atom. The summed E-state index contributed by atoms with van der Waals surface area (Å²) < 4.78 is 10.4. The quantitative estimate of drug-likeness (QED) is 0.675. The van der Waals surface area contributed by atoms with Gasteiger partial charge in [0.25, 0.3) is 0 Å². The number of hydrogen-bond acceptors (Lipinski definition) is 5. The molecule has 0 N–H and O–H groups in total. The standard InChI is InChI=1S/C12H21N3O2/c1-14-4-6-15(7-5-14)8-11-16-9-2-12-3-10-17-13-12/h3,10H,2,4-9,11H2,1H3. The monoisotopic (exact) mass is 239 g/mol. The van der Waals surface area contributed by atoms with Crippen molar-refractivity contribution in [1.29, 1.82) is 0 Å². The zero-order valence-electron chi connectivity index (χ0n) is 10.5. The average Bonchev–Trinajstić information content (AvgIpc) is 2.84. The molecule has 1 aromatic rings. The third-order valence-electron chi connectivity index (χ3n) is 3.14. The van der Waals surface area contributed by atoms with Gasteiger partial charge in [-0.3, -0.25) is 4.90 Å². The second kappa shape index (κ2) is 6.74. The van der Waals surface area contributed by atoms with Crippen molar-refractivity contribution in [3.05, 3.63) is 18.0 Å². The summed E-state index contributed by atoms with van der Waals surface area (Å²) in [5, 5.41) is 3.84. The zero-order valence-corrected chi connectivity index (χ0v) is 10.5. The van der Waals surface area contributed by atoms with Crippen LogP contribution >= 0.6 is 0 Å². The molecule has 0 spiro atoms. The van der Waals surface area contributed by atoms with Gasteiger partial charge < -0.3 is 14.2 Å². The van der Waals surface area contributed by atoms with Crippen LogP contribution in [0.25, 0.3) is 0 Å². The van der Waals surface area contributed by atoms with E-state index in [0.29, 0.717) is 0 Å². The van der Waals surface area contributed by atoms with E-state index in [1.54, 1.807) is 6.26 Å². The molecule has 0 aliphatic carbocycles. The van der Waals surface area contributed by atoms with Gasteiger partial charge in [-0.2, -0.15) is 0 Å². The van der Waals surface area contributed by atoms with Crippen LogP contribution in [0.1, 0.15) is 5.69 Å². The van der Waals surface area contributed by atoms with Crippen LogP contribution in [0.15, 0.2) is 16.9 Å². The summed E-state index contributed by atoms with van der Waals surface area (Å²) in [7, 11) is 2.17. The number of nitrogens with zero attached hydrogens (tertiary/aromatic N) is 3. The summed E-state index contributed by atoms with van der Waals surface area (Å²) in [4.78, 5) is 4.82. The van der Waals surface area contributed by atoms with Crippen molar-refractivity contribution in [2.45, 2.75) is 6.42 Å². The molecule has 1 aromatic heterocycles. The van der Waals surface area contributed by atoms with Gasteiger partial charge in [0.15, 0.2) is 0 Å². The van der Waals surface area contributed by atoms with E-state index in [9.17, 15) is 0 Å². The minimum absolute atomic E-state index is 0.722. The van der Waals surface area contributed by atoms with Gasteiger partial charge in [-0.25, -0.2) is 0 Å². The van der Waals surface area contributed by atoms with E-state index in [2.05, 4.69) is 22.0 Å². The Balaban J connectivity index is 1.49. The molecular formula is C12H21N3O2. The fraction of sp³-hybridized carbons (Fsp3) is 0.750. The van der Waals surface area contributed by atoms with Gasteiger partial charge in [-0.05, 0) is 7.05 Å². The van der Waals surface area contributed by atoms with Crippen molar-refractivity contribution in [2.75, 3.05) is 53.0 Å². The summed E-state index contributed by atoms with van der Waals surface area (Å²) in [5.41, 5.74) is 0.963. The smallest absolute Gasteiger partial charge is 0.124 e. The summed E-state index contributed by atoms with van der Waals surface area (Å²) in [6, 6.07) is 1.88. The molecule has 1 fully saturated rings. The summed E-state index contributed by atoms with van der Waals surface area (Å²) in [5.74, 6) is 0. The highest BCUT2D eigenvalue weighted by Crippen LogP contribution is 1.99. The Morgan fingerprint density at radius 1 is 1.29 bits per heavy atom. The maximum Gasteiger partial charge on any atom is 0.124 e. The van der Waals surface area contributed by atoms with E-state index < -0.39 is 0 Å². The predicted octanol–water partition coefficient (Wildman–Crippen LogP) is 0.481. The molecule has 17 heavy (non-hydrogen) atoms. The molecule has 1 aliphatic heterocycles. The largest absolute Gasteiger partial charge is 0.380 e. The molecule has 5 heteroatoms. The Hall–Kier alpha value is -0.910. The molecule has 0 amide bonds. The van der Waals surface area contributed by atoms with E-state index in [1.165, 1.54) is 13.1 Å². The molecule has 0 radical (unpaired) electrons. The lowest BCUT2D eigenvalue weighted by Crippen LogP contribution is -2.45. The van der Waals surface area contributed by atoms with Crippen LogP contribution in [0.3, 0.4) is 0 Å². The van der Waals surface area contributed by atoms with Crippen LogP contribution in [0.2, 0.25) is 0 Å². The van der Waals surface area contributed by atoms with E-state index in [1.807, 2.05) is 6.07 Å². The summed E-state index contributed by atoms with van der Waals surface area (Å²) >= 11 is 0. The van der Waals surface area contributed by atoms with Crippen LogP contribution in [0, 0.1) is 0 Å². The maximum atomic E-state index is 5.60. The number of aromatic nitrogens is 1. The van der Waals surface area contributed by atoms with Gasteiger partial charge >= 0.3 is 0 Å². The summed E-state index contributed by atoms with van der Waals surface area (Å²) in [6.45, 7) is 7.21. The Bertz CT molecular complexity index is 295. The highest BCUT2D eigenvalue weighted by atomic mass is 16.5. The Morgan fingerprint density at radius 3 is 2.82 bits per heavy atom. The molecule has 2 heterocycles. The predicted molar refractivity (Wildman–Crippen MR) is 65.0 cm³/mol. The van der Waals surface area contributed by atoms with Crippen LogP contribution in [-0.2, 0) is 11.2 Å². The van der Waals surface area contributed by atoms with E-state index in [4.69, 9.17) is 9.26 Å². The van der Waals surface area contributed by atoms with Gasteiger partial charge in [0, 0.05) is 45.2 Å². The molecule has 0 aromatic carbocycles. The molecule has 96 valence electrons. The highest BCUT2D eigenvalue weighted by Gasteiger charge is 2.12. The molecule has 5 nitrogen and oxygen atoms in total. The minimum Gasteiger partial charge on any atom is -0.380 e. The van der Waals surface area contributed by atoms with Crippen LogP contribution in [0.5, 0.6) is 0 Å². The van der Waals surface area contributed by atoms with Crippen molar-refractivity contribution in [3.63, 3.8) is 0 Å². The van der Waals surface area contributed by atoms with Crippen molar-refractivity contribution < 1.29 is 9.26 Å². The van der Waals surface area contributed by atoms with Gasteiger partial charge in [0.2, 0.25) is 0 Å². The number of hydrogen-bond donors (Lipinski definition) is 0. The van der Waals surface area contributed by atoms with Crippen molar-refractivity contribution >= 4 is 0 Å². The molecule has 0 saturated carbocycles. The van der Waals surface area contributed by atoms with Crippen LogP contribution in [0.4, 0.5) is 0 Å². The maximum absolute atomic E-state index is 5.60. The van der Waals surface area contributed by atoms with Gasteiger partial charge in [-0.15, -0.1) is 0 Å². The van der Waals surface area contributed by atoms with Crippen LogP contribution < -0.4 is 0 Å². The molecule has 2 rings (SSSR count). The average molecular weight is 239 g/mol. The van der Waals surface area contributed by atoms with Crippen molar-refractivity contribution in [3.8, 4) is 0 Å². The second-order valence-electron chi connectivity index (χ2n) is 4.50. The fourth-order valence-corrected chi connectivity index (χ4v) is 1.91. The summed E-state index contributed by atoms with van der Waals surface area (Å²) in [6.07, 6.45) is 2.43. The topological polar surface area (TPSA) is 41.7 Å². The Kier molecular flexibility index (Phi) is 4.97. The first-order valence-electron chi connectivity index (χ1n) is 6.22. The molecule has 1 aliphatic rings. The highest BCUT2D eigenvalue weighted by molar-refractivity contribution is 4.94. The second-order valence-corrected chi connectivity index (χ2v) is 4.50. The Labute approximate surface area is 102 Å². The molecule has 1 saturated heterocycles. The third-order valence-corrected chi connectivity index (χ3v) is 3.14. The first-order chi connectivity index (χ1) is 8.34. The molecule has 0 bridgehead atoms. The normalized spacial score (nSPS) is 18.6. The van der Waals surface area contributed by atoms with Gasteiger partial charge in [0.05, 0.1) is 18.9 Å². The molecular weight excluding hydrogens is 218 g/mol. The van der Waals surface area contributed by atoms with E-state index in [-0.39, 0.29) is 0 Å². The lowest BCUT2D eigenvalue weighted by atomic mass is 10.3. The zero-order chi connectivity index (χ0) is 11.9. The third kappa shape index (κ3) is 4.46. The minimum atomic E-state index is 0.722. The lowest BCUT2D eigenvalue weighted by Gasteiger charge is -2.32. The van der Waals surface area contributed by atoms with E-state index >= 15 is 0 Å². The number of piperazine rings is 1. The van der Waals surface area contributed by atoms with Gasteiger partial charge in [0.1, 0.15) is 6.26 Å². The first-order valence-corrected chi connectivity index (χ1v) is 6.22. The number of likely N-dealkylation sites (N-methyl/N-ethyl adjacent to an activating group) is 1. The fourth-order valence-electron chi connectivity index (χ4n) is 1.91. The first kappa shape index (κ1) is 12.5. The number of rotatable bonds is 6. The SMILES string of the molecule is CN1CCN(CCOCCc2ccon2)CC1. The lowest BCUT2D eigenvalue weighted by molar-refractivity contribution is 0.0829. The number of ether oxygens (including phenoxy) is 1. The van der Waals surface area contributed by atoms with Crippen LogP contribution in [-0.4, -0.2) is 67.9 Å². The van der Waals surface area contributed by atoms with Crippen molar-refractivity contribution in [1.82, 2.24) is 15.0 Å².